The van der Waals surface area contributed by atoms with Gasteiger partial charge in [-0.25, -0.2) is 0 Å². The molecule has 0 unspecified atom stereocenters. The number of hydrogen-bond donors (Lipinski definition) is 1. The highest BCUT2D eigenvalue weighted by atomic mass is 16.7. The molecule has 24 heavy (non-hydrogen) atoms. The molecule has 1 aliphatic rings. The monoisotopic (exact) mass is 347 g/mol. The summed E-state index contributed by atoms with van der Waals surface area (Å²) in [4.78, 5) is 45.4. The molecule has 1 heterocycles. The number of ether oxygens (including phenoxy) is 5. The van der Waals surface area contributed by atoms with Gasteiger partial charge in [-0.2, -0.15) is 0 Å². The first-order valence-corrected chi connectivity index (χ1v) is 7.20. The van der Waals surface area contributed by atoms with E-state index < -0.39 is 54.6 Å². The van der Waals surface area contributed by atoms with Gasteiger partial charge in [0.25, 0.3) is 0 Å². The molecule has 0 bridgehead atoms. The minimum Gasteiger partial charge on any atom is -0.456 e. The summed E-state index contributed by atoms with van der Waals surface area (Å²) in [7, 11) is 0. The molecule has 1 fully saturated rings. The van der Waals surface area contributed by atoms with Gasteiger partial charge in [-0.15, -0.1) is 0 Å². The second kappa shape index (κ2) is 8.60. The van der Waals surface area contributed by atoms with E-state index in [1.807, 2.05) is 0 Å². The minimum atomic E-state index is -1.36. The minimum absolute atomic E-state index is 0.125. The number of esters is 4. The van der Waals surface area contributed by atoms with Crippen LogP contribution in [0.4, 0.5) is 0 Å². The van der Waals surface area contributed by atoms with Crippen LogP contribution in [0.15, 0.2) is 0 Å². The van der Waals surface area contributed by atoms with Crippen molar-refractivity contribution in [2.45, 2.75) is 58.4 Å². The maximum atomic E-state index is 11.4. The van der Waals surface area contributed by atoms with E-state index in [0.29, 0.717) is 0 Å². The molecule has 10 nitrogen and oxygen atoms in total. The van der Waals surface area contributed by atoms with Crippen LogP contribution in [0, 0.1) is 0 Å². The summed E-state index contributed by atoms with van der Waals surface area (Å²) < 4.78 is 25.8. The average Bonchev–Trinajstić information content (AvgIpc) is 2.42. The molecular formula is C14H21NO9. The Hall–Kier alpha value is -2.20. The molecule has 1 saturated heterocycles. The predicted octanol–water partition coefficient (Wildman–Crippen LogP) is -0.972. The largest absolute Gasteiger partial charge is 0.456 e. The van der Waals surface area contributed by atoms with Crippen LogP contribution in [0.1, 0.15) is 27.7 Å². The Balaban J connectivity index is 3.23. The summed E-state index contributed by atoms with van der Waals surface area (Å²) >= 11 is 0. The second-order valence-electron chi connectivity index (χ2n) is 5.11. The first-order valence-electron chi connectivity index (χ1n) is 7.20. The molecule has 1 aliphatic heterocycles. The van der Waals surface area contributed by atoms with Crippen molar-refractivity contribution in [1.82, 2.24) is 0 Å². The van der Waals surface area contributed by atoms with Gasteiger partial charge >= 0.3 is 23.9 Å². The number of carbonyl (C=O) groups is 4. The molecule has 0 aromatic carbocycles. The van der Waals surface area contributed by atoms with E-state index in [9.17, 15) is 19.2 Å². The Labute approximate surface area is 138 Å². The lowest BCUT2D eigenvalue weighted by molar-refractivity contribution is -0.293. The van der Waals surface area contributed by atoms with Gasteiger partial charge in [0.1, 0.15) is 6.10 Å². The van der Waals surface area contributed by atoms with Crippen LogP contribution >= 0.6 is 0 Å². The highest BCUT2D eigenvalue weighted by Gasteiger charge is 2.52. The fraction of sp³-hybridized carbons (Fsp3) is 0.714. The van der Waals surface area contributed by atoms with Gasteiger partial charge in [-0.05, 0) is 0 Å². The Morgan fingerprint density at radius 3 is 1.58 bits per heavy atom. The molecule has 0 radical (unpaired) electrons. The van der Waals surface area contributed by atoms with E-state index in [1.165, 1.54) is 0 Å². The third-order valence-corrected chi connectivity index (χ3v) is 3.01. The van der Waals surface area contributed by atoms with Crippen LogP contribution in [0.5, 0.6) is 0 Å². The lowest BCUT2D eigenvalue weighted by Gasteiger charge is -2.43. The smallest absolute Gasteiger partial charge is 0.305 e. The number of rotatable bonds is 5. The molecule has 0 aromatic heterocycles. The zero-order valence-corrected chi connectivity index (χ0v) is 13.8. The van der Waals surface area contributed by atoms with E-state index in [0.717, 1.165) is 27.7 Å². The van der Waals surface area contributed by atoms with E-state index >= 15 is 0 Å². The van der Waals surface area contributed by atoms with Crippen LogP contribution < -0.4 is 5.73 Å². The van der Waals surface area contributed by atoms with Crippen LogP contribution in [-0.4, -0.2) is 61.1 Å². The highest BCUT2D eigenvalue weighted by Crippen LogP contribution is 2.29. The molecular weight excluding hydrogens is 326 g/mol. The lowest BCUT2D eigenvalue weighted by Crippen LogP contribution is -2.63. The van der Waals surface area contributed by atoms with E-state index in [2.05, 4.69) is 0 Å². The number of carbonyl (C=O) groups excluding carboxylic acids is 4. The van der Waals surface area contributed by atoms with Crippen molar-refractivity contribution in [3.63, 3.8) is 0 Å². The maximum absolute atomic E-state index is 11.4. The van der Waals surface area contributed by atoms with E-state index in [4.69, 9.17) is 29.4 Å². The zero-order valence-electron chi connectivity index (χ0n) is 13.8. The quantitative estimate of drug-likeness (QED) is 0.487. The first kappa shape index (κ1) is 19.8. The zero-order chi connectivity index (χ0) is 18.4. The van der Waals surface area contributed by atoms with Crippen molar-refractivity contribution in [3.8, 4) is 0 Å². The Morgan fingerprint density at radius 2 is 1.17 bits per heavy atom. The summed E-state index contributed by atoms with van der Waals surface area (Å²) in [6.07, 6.45) is -6.00. The van der Waals surface area contributed by atoms with Crippen molar-refractivity contribution in [3.05, 3.63) is 0 Å². The van der Waals surface area contributed by atoms with E-state index in [-0.39, 0.29) is 6.54 Å². The van der Waals surface area contributed by atoms with Crippen LogP contribution in [-0.2, 0) is 42.9 Å². The summed E-state index contributed by atoms with van der Waals surface area (Å²) in [6.45, 7) is 4.40. The molecule has 0 amide bonds. The molecule has 0 saturated carbocycles. The van der Waals surface area contributed by atoms with Crippen molar-refractivity contribution in [2.24, 2.45) is 5.73 Å². The van der Waals surface area contributed by atoms with Crippen molar-refractivity contribution >= 4 is 23.9 Å². The van der Waals surface area contributed by atoms with Gasteiger partial charge in [-0.1, -0.05) is 0 Å². The summed E-state index contributed by atoms with van der Waals surface area (Å²) in [5.74, 6) is -2.83. The van der Waals surface area contributed by atoms with Gasteiger partial charge in [0.2, 0.25) is 12.4 Å². The normalized spacial score (nSPS) is 29.3. The van der Waals surface area contributed by atoms with Crippen molar-refractivity contribution in [1.29, 1.82) is 0 Å². The summed E-state index contributed by atoms with van der Waals surface area (Å²) in [5.41, 5.74) is 5.60. The molecule has 0 spiro atoms. The van der Waals surface area contributed by atoms with Crippen molar-refractivity contribution in [2.75, 3.05) is 6.54 Å². The molecule has 0 aromatic rings. The number of hydrogen-bond acceptors (Lipinski definition) is 10. The van der Waals surface area contributed by atoms with Crippen LogP contribution in [0.25, 0.3) is 0 Å². The fourth-order valence-electron chi connectivity index (χ4n) is 2.30. The average molecular weight is 347 g/mol. The summed E-state index contributed by atoms with van der Waals surface area (Å²) in [6, 6.07) is 0. The standard InChI is InChI=1S/C14H21NO9/c1-6(16)20-11-10(5-15)24-14(23-9(4)19)13(22-8(3)18)12(11)21-7(2)17/h10-14H,5,15H2,1-4H3/t10-,11-,12+,13+,14+/m1/s1. The van der Waals surface area contributed by atoms with Crippen molar-refractivity contribution < 1.29 is 42.9 Å². The Bertz CT molecular complexity index is 506. The van der Waals surface area contributed by atoms with Crippen LogP contribution in [0.3, 0.4) is 0 Å². The molecule has 10 heteroatoms. The molecule has 0 aliphatic carbocycles. The van der Waals surface area contributed by atoms with Gasteiger partial charge in [0, 0.05) is 34.2 Å². The third kappa shape index (κ3) is 5.46. The predicted molar refractivity (Wildman–Crippen MR) is 76.1 cm³/mol. The molecule has 2 N–H and O–H groups in total. The Morgan fingerprint density at radius 1 is 0.750 bits per heavy atom. The van der Waals surface area contributed by atoms with Gasteiger partial charge in [0.05, 0.1) is 0 Å². The molecule has 1 rings (SSSR count). The maximum Gasteiger partial charge on any atom is 0.305 e. The molecule has 5 atom stereocenters. The SMILES string of the molecule is CC(=O)O[C@H]1O[C@H](CN)[C@@H](OC(C)=O)[C@H](OC(C)=O)[C@@H]1OC(C)=O. The van der Waals surface area contributed by atoms with Gasteiger partial charge < -0.3 is 29.4 Å². The lowest BCUT2D eigenvalue weighted by atomic mass is 9.98. The topological polar surface area (TPSA) is 140 Å². The van der Waals surface area contributed by atoms with E-state index in [1.54, 1.807) is 0 Å². The van der Waals surface area contributed by atoms with Crippen LogP contribution in [0.2, 0.25) is 0 Å². The number of nitrogens with two attached hydrogens (primary N) is 1. The highest BCUT2D eigenvalue weighted by molar-refractivity contribution is 5.69. The Kier molecular flexibility index (Phi) is 7.11. The third-order valence-electron chi connectivity index (χ3n) is 3.01. The summed E-state index contributed by atoms with van der Waals surface area (Å²) in [5, 5.41) is 0. The first-order chi connectivity index (χ1) is 11.1. The molecule has 136 valence electrons. The van der Waals surface area contributed by atoms with Gasteiger partial charge in [-0.3, -0.25) is 19.2 Å². The van der Waals surface area contributed by atoms with Gasteiger partial charge in [0.15, 0.2) is 12.2 Å². The fourth-order valence-corrected chi connectivity index (χ4v) is 2.30. The second-order valence-corrected chi connectivity index (χ2v) is 5.11.